The molecule has 2 atom stereocenters. The van der Waals surface area contributed by atoms with Gasteiger partial charge in [0, 0.05) is 59.0 Å². The van der Waals surface area contributed by atoms with Gasteiger partial charge in [-0.1, -0.05) is 0 Å². The maximum atomic E-state index is 13.6. The van der Waals surface area contributed by atoms with Crippen LogP contribution in [0.2, 0.25) is 0 Å². The molecule has 3 fully saturated rings. The smallest absolute Gasteiger partial charge is 0.381 e. The molecule has 3 aliphatic rings. The number of nitrogens with one attached hydrogen (secondary N) is 1. The highest BCUT2D eigenvalue weighted by atomic mass is 32.2. The summed E-state index contributed by atoms with van der Waals surface area (Å²) in [5, 5.41) is 0. The zero-order valence-electron chi connectivity index (χ0n) is 18.9. The van der Waals surface area contributed by atoms with Gasteiger partial charge in [-0.3, -0.25) is 4.79 Å². The Morgan fingerprint density at radius 2 is 1.85 bits per heavy atom. The van der Waals surface area contributed by atoms with Crippen molar-refractivity contribution in [2.75, 3.05) is 46.1 Å². The molecule has 1 amide bonds. The lowest BCUT2D eigenvalue weighted by atomic mass is 9.98. The Hall–Kier alpha value is -0.790. The Labute approximate surface area is 195 Å². The summed E-state index contributed by atoms with van der Waals surface area (Å²) in [5.74, 6) is -0.205. The lowest BCUT2D eigenvalue weighted by Gasteiger charge is -2.40. The number of piperidine rings is 1. The first kappa shape index (κ1) is 26.8. The van der Waals surface area contributed by atoms with Crippen molar-refractivity contribution in [3.05, 3.63) is 0 Å². The lowest BCUT2D eigenvalue weighted by Crippen LogP contribution is -2.58. The van der Waals surface area contributed by atoms with Gasteiger partial charge in [-0.25, -0.2) is 18.8 Å². The van der Waals surface area contributed by atoms with Crippen LogP contribution in [0, 0.1) is 5.92 Å². The number of rotatable bonds is 10. The summed E-state index contributed by atoms with van der Waals surface area (Å²) in [6.07, 6.45) is -0.789. The molecule has 2 unspecified atom stereocenters. The van der Waals surface area contributed by atoms with E-state index in [9.17, 15) is 22.2 Å². The normalized spacial score (nSPS) is 26.1. The van der Waals surface area contributed by atoms with Gasteiger partial charge in [0.05, 0.1) is 0 Å². The van der Waals surface area contributed by atoms with E-state index in [1.54, 1.807) is 0 Å². The second kappa shape index (κ2) is 12.8. The maximum absolute atomic E-state index is 13.6. The predicted octanol–water partition coefficient (Wildman–Crippen LogP) is 2.84. The van der Waals surface area contributed by atoms with Crippen LogP contribution in [0.5, 0.6) is 0 Å². The average molecular weight is 501 g/mol. The summed E-state index contributed by atoms with van der Waals surface area (Å²) >= 11 is 0. The fraction of sp³-hybridized carbons (Fsp3) is 0.952. The first-order valence-electron chi connectivity index (χ1n) is 11.8. The SMILES string of the molecule is O=C(NOC1CCCCO1)C1(S(=O)N2CCC(COCCCC(F)(F)F)CC2)CCOCC1. The highest BCUT2D eigenvalue weighted by molar-refractivity contribution is 7.85. The second-order valence-corrected chi connectivity index (χ2v) is 10.7. The number of hydrogen-bond donors (Lipinski definition) is 1. The molecule has 0 spiro atoms. The number of hydrogen-bond acceptors (Lipinski definition) is 6. The van der Waals surface area contributed by atoms with Crippen molar-refractivity contribution >= 4 is 16.9 Å². The third kappa shape index (κ3) is 8.14. The van der Waals surface area contributed by atoms with Gasteiger partial charge in [-0.2, -0.15) is 13.2 Å². The van der Waals surface area contributed by atoms with Crippen LogP contribution in [0.1, 0.15) is 57.8 Å². The van der Waals surface area contributed by atoms with Crippen LogP contribution in [-0.2, 0) is 34.8 Å². The van der Waals surface area contributed by atoms with E-state index in [4.69, 9.17) is 19.0 Å². The Balaban J connectivity index is 1.46. The van der Waals surface area contributed by atoms with Crippen LogP contribution in [0.25, 0.3) is 0 Å². The fourth-order valence-electron chi connectivity index (χ4n) is 4.31. The molecule has 192 valence electrons. The molecule has 12 heteroatoms. The van der Waals surface area contributed by atoms with Gasteiger partial charge in [0.25, 0.3) is 5.91 Å². The van der Waals surface area contributed by atoms with E-state index in [2.05, 4.69) is 5.48 Å². The molecule has 0 aromatic rings. The van der Waals surface area contributed by atoms with Crippen molar-refractivity contribution in [2.24, 2.45) is 5.92 Å². The molecule has 8 nitrogen and oxygen atoms in total. The number of nitrogens with zero attached hydrogens (tertiary/aromatic N) is 1. The number of hydroxylamine groups is 1. The van der Waals surface area contributed by atoms with Crippen molar-refractivity contribution in [3.8, 4) is 0 Å². The average Bonchev–Trinajstić information content (AvgIpc) is 2.82. The molecular weight excluding hydrogens is 465 g/mol. The van der Waals surface area contributed by atoms with E-state index in [1.165, 1.54) is 0 Å². The largest absolute Gasteiger partial charge is 0.389 e. The van der Waals surface area contributed by atoms with Crippen LogP contribution in [0.3, 0.4) is 0 Å². The third-order valence-corrected chi connectivity index (χ3v) is 8.48. The van der Waals surface area contributed by atoms with Crippen LogP contribution in [0.4, 0.5) is 13.2 Å². The maximum Gasteiger partial charge on any atom is 0.389 e. The molecule has 0 aliphatic carbocycles. The number of halogens is 3. The zero-order chi connectivity index (χ0) is 23.7. The molecule has 0 bridgehead atoms. The minimum atomic E-state index is -4.15. The quantitative estimate of drug-likeness (QED) is 0.367. The van der Waals surface area contributed by atoms with Gasteiger partial charge in [-0.15, -0.1) is 0 Å². The first-order chi connectivity index (χ1) is 15.8. The Bertz CT molecular complexity index is 634. The monoisotopic (exact) mass is 500 g/mol. The molecule has 3 heterocycles. The summed E-state index contributed by atoms with van der Waals surface area (Å²) in [4.78, 5) is 18.6. The highest BCUT2D eigenvalue weighted by Gasteiger charge is 2.49. The molecule has 33 heavy (non-hydrogen) atoms. The van der Waals surface area contributed by atoms with E-state index in [0.29, 0.717) is 71.6 Å². The standard InChI is InChI=1S/C21H35F3N2O6S/c22-21(23,24)7-3-12-30-16-17-5-10-26(11-6-17)33(28)20(8-14-29-15-9-20)19(27)25-32-18-4-1-2-13-31-18/h17-18H,1-16H2,(H,25,27). The van der Waals surface area contributed by atoms with E-state index < -0.39 is 40.5 Å². The van der Waals surface area contributed by atoms with Crippen molar-refractivity contribution in [1.82, 2.24) is 9.79 Å². The number of alkyl halides is 3. The second-order valence-electron chi connectivity index (χ2n) is 8.87. The van der Waals surface area contributed by atoms with Crippen LogP contribution in [-0.4, -0.2) is 77.8 Å². The van der Waals surface area contributed by atoms with Crippen molar-refractivity contribution in [1.29, 1.82) is 0 Å². The van der Waals surface area contributed by atoms with Gasteiger partial charge in [0.15, 0.2) is 6.29 Å². The summed E-state index contributed by atoms with van der Waals surface area (Å²) < 4.78 is 67.2. The minimum absolute atomic E-state index is 0.0416. The van der Waals surface area contributed by atoms with E-state index in [-0.39, 0.29) is 18.9 Å². The van der Waals surface area contributed by atoms with Gasteiger partial charge in [0.2, 0.25) is 0 Å². The fourth-order valence-corrected chi connectivity index (χ4v) is 6.06. The lowest BCUT2D eigenvalue weighted by molar-refractivity contribution is -0.202. The van der Waals surface area contributed by atoms with Gasteiger partial charge >= 0.3 is 6.18 Å². The van der Waals surface area contributed by atoms with E-state index >= 15 is 0 Å². The van der Waals surface area contributed by atoms with Gasteiger partial charge in [-0.05, 0) is 50.9 Å². The zero-order valence-corrected chi connectivity index (χ0v) is 19.7. The van der Waals surface area contributed by atoms with Crippen molar-refractivity contribution in [3.63, 3.8) is 0 Å². The Morgan fingerprint density at radius 3 is 2.48 bits per heavy atom. The van der Waals surface area contributed by atoms with Gasteiger partial charge in [0.1, 0.15) is 15.7 Å². The number of carbonyl (C=O) groups is 1. The van der Waals surface area contributed by atoms with Crippen molar-refractivity contribution in [2.45, 2.75) is 75.0 Å². The number of carbonyl (C=O) groups excluding carboxylic acids is 1. The summed E-state index contributed by atoms with van der Waals surface area (Å²) in [5.41, 5.74) is 2.50. The summed E-state index contributed by atoms with van der Waals surface area (Å²) in [6.45, 7) is 2.83. The Kier molecular flexibility index (Phi) is 10.4. The van der Waals surface area contributed by atoms with E-state index in [1.807, 2.05) is 4.31 Å². The van der Waals surface area contributed by atoms with E-state index in [0.717, 1.165) is 12.8 Å². The van der Waals surface area contributed by atoms with Crippen LogP contribution >= 0.6 is 0 Å². The molecule has 3 saturated heterocycles. The number of amides is 1. The minimum Gasteiger partial charge on any atom is -0.381 e. The predicted molar refractivity (Wildman–Crippen MR) is 114 cm³/mol. The topological polar surface area (TPSA) is 86.3 Å². The molecular formula is C21H35F3N2O6S. The molecule has 0 radical (unpaired) electrons. The summed E-state index contributed by atoms with van der Waals surface area (Å²) in [6, 6.07) is 0. The molecule has 1 N–H and O–H groups in total. The molecule has 0 saturated carbocycles. The highest BCUT2D eigenvalue weighted by Crippen LogP contribution is 2.32. The molecule has 0 aromatic heterocycles. The Morgan fingerprint density at radius 1 is 1.12 bits per heavy atom. The van der Waals surface area contributed by atoms with Gasteiger partial charge < -0.3 is 14.2 Å². The van der Waals surface area contributed by atoms with Crippen LogP contribution < -0.4 is 5.48 Å². The van der Waals surface area contributed by atoms with Crippen molar-refractivity contribution < 1.29 is 41.2 Å². The molecule has 3 aliphatic heterocycles. The first-order valence-corrected chi connectivity index (χ1v) is 12.9. The summed E-state index contributed by atoms with van der Waals surface area (Å²) in [7, 11) is -1.57. The molecule has 3 rings (SSSR count). The third-order valence-electron chi connectivity index (χ3n) is 6.38. The number of ether oxygens (including phenoxy) is 3. The van der Waals surface area contributed by atoms with Crippen LogP contribution in [0.15, 0.2) is 0 Å². The molecule has 0 aromatic carbocycles.